The molecule has 1 aromatic rings. The van der Waals surface area contributed by atoms with Gasteiger partial charge in [0, 0.05) is 18.2 Å². The quantitative estimate of drug-likeness (QED) is 0.728. The topological polar surface area (TPSA) is 20.3 Å². The first-order valence-corrected chi connectivity index (χ1v) is 6.73. The van der Waals surface area contributed by atoms with Crippen LogP contribution in [-0.2, 0) is 4.79 Å². The van der Waals surface area contributed by atoms with Gasteiger partial charge in [0.15, 0.2) is 0 Å². The van der Waals surface area contributed by atoms with Gasteiger partial charge in [0.25, 0.3) is 0 Å². The number of benzene rings is 1. The molecular weight excluding hydrogens is 222 g/mol. The van der Waals surface area contributed by atoms with E-state index in [4.69, 9.17) is 0 Å². The van der Waals surface area contributed by atoms with Crippen LogP contribution in [0.15, 0.2) is 35.9 Å². The average molecular weight is 243 g/mol. The summed E-state index contributed by atoms with van der Waals surface area (Å²) in [5.74, 6) is 0.186. The van der Waals surface area contributed by atoms with Gasteiger partial charge >= 0.3 is 0 Å². The van der Waals surface area contributed by atoms with Crippen LogP contribution in [0.1, 0.15) is 38.7 Å². The minimum Gasteiger partial charge on any atom is -0.336 e. The molecule has 2 nitrogen and oxygen atoms in total. The van der Waals surface area contributed by atoms with E-state index in [1.807, 2.05) is 48.2 Å². The number of carbonyl (C=O) groups is 1. The van der Waals surface area contributed by atoms with Crippen molar-refractivity contribution in [3.8, 4) is 0 Å². The van der Waals surface area contributed by atoms with Crippen molar-refractivity contribution >= 4 is 12.0 Å². The zero-order chi connectivity index (χ0) is 13.0. The van der Waals surface area contributed by atoms with Gasteiger partial charge in [-0.15, -0.1) is 0 Å². The third kappa shape index (κ3) is 3.00. The molecule has 2 heteroatoms. The van der Waals surface area contributed by atoms with Crippen LogP contribution in [0.4, 0.5) is 0 Å². The lowest BCUT2D eigenvalue weighted by molar-refractivity contribution is -0.130. The Morgan fingerprint density at radius 2 is 2.00 bits per heavy atom. The van der Waals surface area contributed by atoms with E-state index < -0.39 is 0 Å². The van der Waals surface area contributed by atoms with Gasteiger partial charge < -0.3 is 4.90 Å². The predicted molar refractivity (Wildman–Crippen MR) is 75.1 cm³/mol. The van der Waals surface area contributed by atoms with E-state index in [1.165, 1.54) is 6.42 Å². The molecule has 0 spiro atoms. The second kappa shape index (κ2) is 5.85. The van der Waals surface area contributed by atoms with Crippen molar-refractivity contribution in [1.29, 1.82) is 0 Å². The van der Waals surface area contributed by atoms with Crippen molar-refractivity contribution in [3.05, 3.63) is 41.5 Å². The summed E-state index contributed by atoms with van der Waals surface area (Å²) in [6, 6.07) is 10.4. The summed E-state index contributed by atoms with van der Waals surface area (Å²) in [5, 5.41) is 0. The fraction of sp³-hybridized carbons (Fsp3) is 0.438. The molecule has 1 atom stereocenters. The smallest absolute Gasteiger partial charge is 0.249 e. The highest BCUT2D eigenvalue weighted by Crippen LogP contribution is 2.19. The Morgan fingerprint density at radius 1 is 1.28 bits per heavy atom. The maximum Gasteiger partial charge on any atom is 0.249 e. The molecule has 1 aliphatic rings. The highest BCUT2D eigenvalue weighted by molar-refractivity contribution is 5.97. The Kier molecular flexibility index (Phi) is 4.19. The monoisotopic (exact) mass is 243 g/mol. The molecule has 1 aliphatic heterocycles. The molecule has 1 heterocycles. The SMILES string of the molecule is C/C(=C\c1ccccc1)C(=O)N1CCCC[C@@H]1C. The zero-order valence-corrected chi connectivity index (χ0v) is 11.2. The summed E-state index contributed by atoms with van der Waals surface area (Å²) < 4.78 is 0. The van der Waals surface area contributed by atoms with Crippen LogP contribution >= 0.6 is 0 Å². The molecule has 1 aromatic carbocycles. The minimum absolute atomic E-state index is 0.186. The van der Waals surface area contributed by atoms with Crippen LogP contribution in [0.3, 0.4) is 0 Å². The summed E-state index contributed by atoms with van der Waals surface area (Å²) in [6.07, 6.45) is 5.48. The Hall–Kier alpha value is -1.57. The van der Waals surface area contributed by atoms with E-state index >= 15 is 0 Å². The van der Waals surface area contributed by atoms with Crippen molar-refractivity contribution in [3.63, 3.8) is 0 Å². The fourth-order valence-corrected chi connectivity index (χ4v) is 2.49. The normalized spacial score (nSPS) is 20.9. The van der Waals surface area contributed by atoms with Gasteiger partial charge in [-0.05, 0) is 44.7 Å². The Balaban J connectivity index is 2.11. The van der Waals surface area contributed by atoms with E-state index in [0.29, 0.717) is 6.04 Å². The van der Waals surface area contributed by atoms with Crippen LogP contribution in [0.5, 0.6) is 0 Å². The highest BCUT2D eigenvalue weighted by Gasteiger charge is 2.23. The van der Waals surface area contributed by atoms with Crippen LogP contribution < -0.4 is 0 Å². The van der Waals surface area contributed by atoms with Gasteiger partial charge in [0.05, 0.1) is 0 Å². The molecule has 0 aromatic heterocycles. The third-order valence-corrected chi connectivity index (χ3v) is 3.58. The Bertz CT molecular complexity index is 436. The molecular formula is C16H21NO. The number of rotatable bonds is 2. The van der Waals surface area contributed by atoms with Crippen molar-refractivity contribution in [2.75, 3.05) is 6.54 Å². The van der Waals surface area contributed by atoms with Crippen molar-refractivity contribution in [2.45, 2.75) is 39.2 Å². The van der Waals surface area contributed by atoms with E-state index in [9.17, 15) is 4.79 Å². The summed E-state index contributed by atoms with van der Waals surface area (Å²) in [5.41, 5.74) is 1.92. The lowest BCUT2D eigenvalue weighted by Gasteiger charge is -2.33. The number of likely N-dealkylation sites (tertiary alicyclic amines) is 1. The van der Waals surface area contributed by atoms with Gasteiger partial charge in [-0.1, -0.05) is 30.3 Å². The molecule has 0 N–H and O–H groups in total. The Morgan fingerprint density at radius 3 is 2.67 bits per heavy atom. The summed E-state index contributed by atoms with van der Waals surface area (Å²) in [6.45, 7) is 4.96. The second-order valence-corrected chi connectivity index (χ2v) is 5.08. The minimum atomic E-state index is 0.186. The van der Waals surface area contributed by atoms with Crippen LogP contribution in [-0.4, -0.2) is 23.4 Å². The van der Waals surface area contributed by atoms with Gasteiger partial charge in [0.1, 0.15) is 0 Å². The van der Waals surface area contributed by atoms with Crippen LogP contribution in [0.25, 0.3) is 6.08 Å². The van der Waals surface area contributed by atoms with E-state index in [1.54, 1.807) is 0 Å². The first kappa shape index (κ1) is 12.9. The highest BCUT2D eigenvalue weighted by atomic mass is 16.2. The summed E-state index contributed by atoms with van der Waals surface area (Å²) in [7, 11) is 0. The number of hydrogen-bond donors (Lipinski definition) is 0. The maximum atomic E-state index is 12.4. The molecule has 0 unspecified atom stereocenters. The largest absolute Gasteiger partial charge is 0.336 e. The van der Waals surface area contributed by atoms with E-state index in [2.05, 4.69) is 6.92 Å². The molecule has 1 saturated heterocycles. The molecule has 0 bridgehead atoms. The summed E-state index contributed by atoms with van der Waals surface area (Å²) in [4.78, 5) is 14.4. The predicted octanol–water partition coefficient (Wildman–Crippen LogP) is 3.49. The molecule has 0 saturated carbocycles. The van der Waals surface area contributed by atoms with Gasteiger partial charge in [-0.3, -0.25) is 4.79 Å². The number of hydrogen-bond acceptors (Lipinski definition) is 1. The van der Waals surface area contributed by atoms with Gasteiger partial charge in [-0.25, -0.2) is 0 Å². The lowest BCUT2D eigenvalue weighted by atomic mass is 10.0. The van der Waals surface area contributed by atoms with Crippen LogP contribution in [0, 0.1) is 0 Å². The first-order valence-electron chi connectivity index (χ1n) is 6.73. The van der Waals surface area contributed by atoms with Gasteiger partial charge in [0.2, 0.25) is 5.91 Å². The third-order valence-electron chi connectivity index (χ3n) is 3.58. The first-order chi connectivity index (χ1) is 8.68. The number of amides is 1. The molecule has 18 heavy (non-hydrogen) atoms. The average Bonchev–Trinajstić information content (AvgIpc) is 2.39. The molecule has 1 fully saturated rings. The molecule has 1 amide bonds. The van der Waals surface area contributed by atoms with Crippen molar-refractivity contribution in [1.82, 2.24) is 4.90 Å². The van der Waals surface area contributed by atoms with Crippen molar-refractivity contribution in [2.24, 2.45) is 0 Å². The van der Waals surface area contributed by atoms with E-state index in [-0.39, 0.29) is 5.91 Å². The molecule has 0 aliphatic carbocycles. The fourth-order valence-electron chi connectivity index (χ4n) is 2.49. The van der Waals surface area contributed by atoms with Crippen LogP contribution in [0.2, 0.25) is 0 Å². The van der Waals surface area contributed by atoms with Gasteiger partial charge in [-0.2, -0.15) is 0 Å². The zero-order valence-electron chi connectivity index (χ0n) is 11.2. The number of nitrogens with zero attached hydrogens (tertiary/aromatic N) is 1. The Labute approximate surface area is 109 Å². The maximum absolute atomic E-state index is 12.4. The number of piperidine rings is 1. The second-order valence-electron chi connectivity index (χ2n) is 5.08. The molecule has 96 valence electrons. The lowest BCUT2D eigenvalue weighted by Crippen LogP contribution is -2.42. The standard InChI is InChI=1S/C16H21NO/c1-13(12-15-9-4-3-5-10-15)16(18)17-11-7-6-8-14(17)2/h3-5,9-10,12,14H,6-8,11H2,1-2H3/b13-12+/t14-/m0/s1. The van der Waals surface area contributed by atoms with E-state index in [0.717, 1.165) is 30.5 Å². The molecule has 2 rings (SSSR count). The molecule has 0 radical (unpaired) electrons. The van der Waals surface area contributed by atoms with Crippen molar-refractivity contribution < 1.29 is 4.79 Å². The summed E-state index contributed by atoms with van der Waals surface area (Å²) >= 11 is 0. The number of carbonyl (C=O) groups excluding carboxylic acids is 1.